The Morgan fingerprint density at radius 3 is 2.50 bits per heavy atom. The van der Waals surface area contributed by atoms with E-state index >= 15 is 0 Å². The summed E-state index contributed by atoms with van der Waals surface area (Å²) >= 11 is 2.14. The van der Waals surface area contributed by atoms with Crippen molar-refractivity contribution in [3.8, 4) is 0 Å². The molecular weight excluding hydrogens is 414 g/mol. The van der Waals surface area contributed by atoms with E-state index in [4.69, 9.17) is 0 Å². The summed E-state index contributed by atoms with van der Waals surface area (Å²) in [7, 11) is 0.0425. The number of sulfonamides is 1. The van der Waals surface area contributed by atoms with Crippen molar-refractivity contribution in [1.29, 1.82) is 0 Å². The number of benzene rings is 1. The van der Waals surface area contributed by atoms with E-state index in [9.17, 15) is 13.2 Å². The van der Waals surface area contributed by atoms with Gasteiger partial charge in [-0.1, -0.05) is 24.3 Å². The van der Waals surface area contributed by atoms with Gasteiger partial charge < -0.3 is 4.90 Å². The Labute approximate surface area is 172 Å². The van der Waals surface area contributed by atoms with Gasteiger partial charge in [-0.25, -0.2) is 0 Å². The summed E-state index contributed by atoms with van der Waals surface area (Å²) in [6.07, 6.45) is 3.28. The Balaban J connectivity index is 1.94. The van der Waals surface area contributed by atoms with Crippen LogP contribution in [0.5, 0.6) is 0 Å². The van der Waals surface area contributed by atoms with Gasteiger partial charge in [0.2, 0.25) is 0 Å². The fraction of sp³-hybridized carbons (Fsp3) is 0.158. The lowest BCUT2D eigenvalue weighted by atomic mass is 10.2. The molecule has 146 valence electrons. The summed E-state index contributed by atoms with van der Waals surface area (Å²) in [5.74, 6) is -0.290. The maximum atomic E-state index is 12.8. The van der Waals surface area contributed by atoms with Crippen molar-refractivity contribution in [2.75, 3.05) is 25.5 Å². The number of anilines is 1. The highest BCUT2D eigenvalue weighted by atomic mass is 32.2. The molecule has 0 radical (unpaired) electrons. The molecule has 0 spiro atoms. The number of hydrogen-bond acceptors (Lipinski definition) is 6. The first-order chi connectivity index (χ1) is 13.3. The minimum atomic E-state index is -3.86. The Hall–Kier alpha value is -2.36. The van der Waals surface area contributed by atoms with E-state index < -0.39 is 10.0 Å². The molecule has 1 amide bonds. The van der Waals surface area contributed by atoms with Crippen LogP contribution in [0.15, 0.2) is 67.9 Å². The van der Waals surface area contributed by atoms with E-state index in [0.29, 0.717) is 4.91 Å². The molecule has 0 N–H and O–H groups in total. The van der Waals surface area contributed by atoms with Crippen LogP contribution in [0, 0.1) is 0 Å². The molecule has 0 atom stereocenters. The quantitative estimate of drug-likeness (QED) is 0.514. The summed E-state index contributed by atoms with van der Waals surface area (Å²) in [6.45, 7) is 3.83. The number of carbonyl (C=O) groups is 1. The molecule has 3 rings (SSSR count). The van der Waals surface area contributed by atoms with Gasteiger partial charge in [0.1, 0.15) is 4.21 Å². The van der Waals surface area contributed by atoms with Crippen LogP contribution in [0.1, 0.15) is 5.56 Å². The molecule has 1 aromatic heterocycles. The zero-order valence-electron chi connectivity index (χ0n) is 15.4. The minimum absolute atomic E-state index is 0.134. The lowest BCUT2D eigenvalue weighted by Gasteiger charge is -2.12. The van der Waals surface area contributed by atoms with Gasteiger partial charge in [0.25, 0.3) is 15.9 Å². The molecular formula is C19H19N3O3S3. The lowest BCUT2D eigenvalue weighted by molar-refractivity contribution is -0.121. The van der Waals surface area contributed by atoms with Crippen molar-refractivity contribution in [3.05, 3.63) is 64.9 Å². The van der Waals surface area contributed by atoms with Crippen LogP contribution in [0.2, 0.25) is 0 Å². The average molecular weight is 434 g/mol. The lowest BCUT2D eigenvalue weighted by Crippen LogP contribution is -2.29. The van der Waals surface area contributed by atoms with Crippen LogP contribution < -0.4 is 4.90 Å². The van der Waals surface area contributed by atoms with Crippen LogP contribution in [0.4, 0.5) is 5.69 Å². The molecule has 1 saturated heterocycles. The SMILES string of the molecule is C=CCN1C(=O)/C(=C/c2ccc(N(C)C)cc2)SC1=NS(=O)(=O)c1cccs1. The average Bonchev–Trinajstić information content (AvgIpc) is 3.28. The highest BCUT2D eigenvalue weighted by molar-refractivity contribution is 8.19. The van der Waals surface area contributed by atoms with Crippen LogP contribution >= 0.6 is 23.1 Å². The second-order valence-electron chi connectivity index (χ2n) is 6.08. The van der Waals surface area contributed by atoms with E-state index in [1.807, 2.05) is 43.3 Å². The van der Waals surface area contributed by atoms with Crippen LogP contribution in [-0.4, -0.2) is 45.0 Å². The zero-order valence-corrected chi connectivity index (χ0v) is 17.9. The molecule has 2 aromatic rings. The van der Waals surface area contributed by atoms with Crippen molar-refractivity contribution >= 4 is 56.0 Å². The second-order valence-corrected chi connectivity index (χ2v) is 9.87. The van der Waals surface area contributed by atoms with E-state index in [2.05, 4.69) is 11.0 Å². The molecule has 0 aliphatic carbocycles. The maximum absolute atomic E-state index is 12.8. The Bertz CT molecular complexity index is 1040. The first-order valence-electron chi connectivity index (χ1n) is 8.30. The van der Waals surface area contributed by atoms with Crippen LogP contribution in [-0.2, 0) is 14.8 Å². The third kappa shape index (κ3) is 4.37. The number of amidine groups is 1. The summed E-state index contributed by atoms with van der Waals surface area (Å²) in [5, 5.41) is 1.80. The van der Waals surface area contributed by atoms with E-state index in [0.717, 1.165) is 34.3 Å². The molecule has 1 aliphatic heterocycles. The topological polar surface area (TPSA) is 70.1 Å². The van der Waals surface area contributed by atoms with Crippen molar-refractivity contribution in [1.82, 2.24) is 4.90 Å². The van der Waals surface area contributed by atoms with Crippen molar-refractivity contribution in [3.63, 3.8) is 0 Å². The maximum Gasteiger partial charge on any atom is 0.294 e. The highest BCUT2D eigenvalue weighted by Gasteiger charge is 2.34. The fourth-order valence-electron chi connectivity index (χ4n) is 2.44. The smallest absolute Gasteiger partial charge is 0.294 e. The summed E-state index contributed by atoms with van der Waals surface area (Å²) in [5.41, 5.74) is 1.90. The number of thioether (sulfide) groups is 1. The van der Waals surface area contributed by atoms with Gasteiger partial charge in [-0.2, -0.15) is 8.42 Å². The first-order valence-corrected chi connectivity index (χ1v) is 11.4. The monoisotopic (exact) mass is 433 g/mol. The summed E-state index contributed by atoms with van der Waals surface area (Å²) < 4.78 is 29.0. The molecule has 0 unspecified atom stereocenters. The molecule has 1 aromatic carbocycles. The van der Waals surface area contributed by atoms with Gasteiger partial charge in [0, 0.05) is 26.3 Å². The van der Waals surface area contributed by atoms with Crippen molar-refractivity contribution in [2.45, 2.75) is 4.21 Å². The van der Waals surface area contributed by atoms with E-state index in [1.54, 1.807) is 23.6 Å². The summed E-state index contributed by atoms with van der Waals surface area (Å²) in [4.78, 5) is 16.5. The van der Waals surface area contributed by atoms with Gasteiger partial charge in [0.15, 0.2) is 5.17 Å². The highest BCUT2D eigenvalue weighted by Crippen LogP contribution is 2.34. The molecule has 1 fully saturated rings. The predicted octanol–water partition coefficient (Wildman–Crippen LogP) is 3.66. The summed E-state index contributed by atoms with van der Waals surface area (Å²) in [6, 6.07) is 10.9. The van der Waals surface area contributed by atoms with E-state index in [1.165, 1.54) is 11.0 Å². The number of amides is 1. The third-order valence-corrected chi connectivity index (χ3v) is 7.62. The molecule has 2 heterocycles. The normalized spacial score (nSPS) is 17.5. The van der Waals surface area contributed by atoms with Crippen molar-refractivity contribution in [2.24, 2.45) is 4.40 Å². The molecule has 1 aliphatic rings. The molecule has 6 nitrogen and oxygen atoms in total. The standard InChI is InChI=1S/C19H19N3O3S3/c1-4-11-22-18(23)16(13-14-7-9-15(10-8-14)21(2)3)27-19(22)20-28(24,25)17-6-5-12-26-17/h4-10,12-13H,1,11H2,2-3H3/b16-13-,20-19?. The van der Waals surface area contributed by atoms with Gasteiger partial charge in [0.05, 0.1) is 4.91 Å². The molecule has 9 heteroatoms. The first kappa shape index (κ1) is 20.4. The number of thiophene rings is 1. The van der Waals surface area contributed by atoms with Crippen molar-refractivity contribution < 1.29 is 13.2 Å². The van der Waals surface area contributed by atoms with E-state index in [-0.39, 0.29) is 21.8 Å². The Kier molecular flexibility index (Phi) is 6.07. The Morgan fingerprint density at radius 2 is 1.93 bits per heavy atom. The Morgan fingerprint density at radius 1 is 1.21 bits per heavy atom. The van der Waals surface area contributed by atoms with Gasteiger partial charge in [-0.15, -0.1) is 22.3 Å². The predicted molar refractivity (Wildman–Crippen MR) is 117 cm³/mol. The number of nitrogens with zero attached hydrogens (tertiary/aromatic N) is 3. The third-order valence-electron chi connectivity index (χ3n) is 3.85. The van der Waals surface area contributed by atoms with Gasteiger partial charge in [-0.3, -0.25) is 9.69 Å². The van der Waals surface area contributed by atoms with Crippen LogP contribution in [0.3, 0.4) is 0 Å². The fourth-order valence-corrected chi connectivity index (χ4v) is 5.60. The molecule has 0 bridgehead atoms. The molecule has 0 saturated carbocycles. The van der Waals surface area contributed by atoms with Crippen LogP contribution in [0.25, 0.3) is 6.08 Å². The second kappa shape index (κ2) is 8.34. The number of hydrogen-bond donors (Lipinski definition) is 0. The largest absolute Gasteiger partial charge is 0.378 e. The van der Waals surface area contributed by atoms with Gasteiger partial charge >= 0.3 is 0 Å². The van der Waals surface area contributed by atoms with Gasteiger partial charge in [-0.05, 0) is 47.0 Å². The minimum Gasteiger partial charge on any atom is -0.378 e. The number of carbonyl (C=O) groups excluding carboxylic acids is 1. The zero-order chi connectivity index (χ0) is 20.3. The molecule has 28 heavy (non-hydrogen) atoms. The number of rotatable bonds is 6.